The van der Waals surface area contributed by atoms with E-state index in [2.05, 4.69) is 9.97 Å². The summed E-state index contributed by atoms with van der Waals surface area (Å²) in [5.74, 6) is -0.556. The number of nitrogens with zero attached hydrogens (tertiary/aromatic N) is 1. The molecule has 0 spiro atoms. The Morgan fingerprint density at radius 3 is 2.55 bits per heavy atom. The molecule has 2 bridgehead atoms. The number of alkyl halides is 3. The van der Waals surface area contributed by atoms with Crippen LogP contribution in [0, 0.1) is 18.2 Å². The van der Waals surface area contributed by atoms with Crippen LogP contribution < -0.4 is 0 Å². The average molecular weight is 483 g/mol. The van der Waals surface area contributed by atoms with Gasteiger partial charge < -0.3 is 14.5 Å². The van der Waals surface area contributed by atoms with Crippen molar-refractivity contribution < 1.29 is 35.5 Å². The fourth-order valence-corrected chi connectivity index (χ4v) is 5.36. The van der Waals surface area contributed by atoms with Crippen LogP contribution >= 0.6 is 11.6 Å². The molecule has 3 heterocycles. The normalized spacial score (nSPS) is 26.7. The van der Waals surface area contributed by atoms with Gasteiger partial charge in [0.05, 0.1) is 34.9 Å². The summed E-state index contributed by atoms with van der Waals surface area (Å²) in [6.45, 7) is 0.910. The third kappa shape index (κ3) is 3.85. The van der Waals surface area contributed by atoms with E-state index in [4.69, 9.17) is 21.1 Å². The number of aromatic nitrogens is 2. The van der Waals surface area contributed by atoms with Crippen molar-refractivity contribution in [3.63, 3.8) is 0 Å². The van der Waals surface area contributed by atoms with E-state index < -0.39 is 45.6 Å². The van der Waals surface area contributed by atoms with Gasteiger partial charge in [0.25, 0.3) is 0 Å². The van der Waals surface area contributed by atoms with E-state index in [-0.39, 0.29) is 41.0 Å². The van der Waals surface area contributed by atoms with Gasteiger partial charge in [-0.1, -0.05) is 17.7 Å². The molecule has 1 unspecified atom stereocenters. The van der Waals surface area contributed by atoms with E-state index in [1.165, 1.54) is 19.1 Å². The number of aryl methyl sites for hydroxylation is 1. The van der Waals surface area contributed by atoms with Crippen molar-refractivity contribution in [2.24, 2.45) is 5.41 Å². The van der Waals surface area contributed by atoms with Gasteiger partial charge in [0.1, 0.15) is 17.7 Å². The van der Waals surface area contributed by atoms with Gasteiger partial charge in [0.15, 0.2) is 14.9 Å². The second kappa shape index (κ2) is 7.16. The molecule has 3 fully saturated rings. The van der Waals surface area contributed by atoms with E-state index in [1.54, 1.807) is 0 Å². The molecule has 2 saturated heterocycles. The largest absolute Gasteiger partial charge is 0.396 e. The van der Waals surface area contributed by atoms with E-state index in [0.29, 0.717) is 5.56 Å². The Labute approximate surface area is 180 Å². The maximum Gasteiger partial charge on any atom is 0.396 e. The zero-order chi connectivity index (χ0) is 22.8. The predicted octanol–water partition coefficient (Wildman–Crippen LogP) is 4.13. The maximum atomic E-state index is 13.6. The Kier molecular flexibility index (Phi) is 5.20. The second-order valence-electron chi connectivity index (χ2n) is 8.29. The number of imidazole rings is 1. The first-order chi connectivity index (χ1) is 14.3. The van der Waals surface area contributed by atoms with Crippen LogP contribution in [0.2, 0.25) is 5.02 Å². The van der Waals surface area contributed by atoms with E-state index in [0.717, 1.165) is 12.3 Å². The third-order valence-electron chi connectivity index (χ3n) is 5.79. The van der Waals surface area contributed by atoms with Crippen LogP contribution in [0.3, 0.4) is 0 Å². The molecule has 1 saturated carbocycles. The van der Waals surface area contributed by atoms with Crippen molar-refractivity contribution in [2.45, 2.75) is 42.7 Å². The summed E-state index contributed by atoms with van der Waals surface area (Å²) in [4.78, 5) is 6.96. The SMILES string of the molecule is Cc1[nH]c(C(OCC23CC(C(F)(F)F)(CO2)C3)c2ccc(F)c(Cl)c2)nc1S(C)(=O)=O. The van der Waals surface area contributed by atoms with Gasteiger partial charge in [-0.25, -0.2) is 17.8 Å². The van der Waals surface area contributed by atoms with Crippen LogP contribution in [-0.4, -0.2) is 49.6 Å². The number of fused-ring (bicyclic) bond motifs is 1. The molecule has 6 nitrogen and oxygen atoms in total. The van der Waals surface area contributed by atoms with Crippen molar-refractivity contribution in [1.82, 2.24) is 9.97 Å². The lowest BCUT2D eigenvalue weighted by molar-refractivity contribution is -0.248. The Bertz CT molecular complexity index is 1130. The van der Waals surface area contributed by atoms with Gasteiger partial charge in [0, 0.05) is 6.26 Å². The number of aromatic amines is 1. The van der Waals surface area contributed by atoms with E-state index in [1.807, 2.05) is 0 Å². The average Bonchev–Trinajstić information content (AvgIpc) is 3.29. The monoisotopic (exact) mass is 482 g/mol. The molecule has 5 rings (SSSR count). The molecule has 31 heavy (non-hydrogen) atoms. The number of benzene rings is 1. The van der Waals surface area contributed by atoms with Crippen LogP contribution in [0.15, 0.2) is 23.2 Å². The van der Waals surface area contributed by atoms with Crippen molar-refractivity contribution in [2.75, 3.05) is 19.5 Å². The Hall–Kier alpha value is -1.69. The van der Waals surface area contributed by atoms with Gasteiger partial charge in [-0.15, -0.1) is 0 Å². The van der Waals surface area contributed by atoms with Gasteiger partial charge in [0.2, 0.25) is 0 Å². The summed E-state index contributed by atoms with van der Waals surface area (Å²) in [6, 6.07) is 3.80. The van der Waals surface area contributed by atoms with Crippen LogP contribution in [0.5, 0.6) is 0 Å². The van der Waals surface area contributed by atoms with Gasteiger partial charge in [-0.2, -0.15) is 13.2 Å². The van der Waals surface area contributed by atoms with Crippen molar-refractivity contribution in [3.05, 3.63) is 46.1 Å². The molecule has 2 aliphatic heterocycles. The zero-order valence-corrected chi connectivity index (χ0v) is 18.1. The van der Waals surface area contributed by atoms with Crippen LogP contribution in [0.25, 0.3) is 0 Å². The molecule has 1 aromatic heterocycles. The van der Waals surface area contributed by atoms with Gasteiger partial charge >= 0.3 is 6.18 Å². The fraction of sp³-hybridized carbons (Fsp3) is 0.526. The highest BCUT2D eigenvalue weighted by atomic mass is 35.5. The first kappa shape index (κ1) is 22.5. The molecule has 3 aliphatic rings. The van der Waals surface area contributed by atoms with Gasteiger partial charge in [-0.3, -0.25) is 0 Å². The van der Waals surface area contributed by atoms with Crippen molar-refractivity contribution >= 4 is 21.4 Å². The molecule has 170 valence electrons. The molecular formula is C19H19ClF4N2O4S. The molecule has 2 aromatic rings. The molecule has 1 aliphatic carbocycles. The molecule has 1 N–H and O–H groups in total. The summed E-state index contributed by atoms with van der Waals surface area (Å²) >= 11 is 5.88. The quantitative estimate of drug-likeness (QED) is 0.626. The lowest BCUT2D eigenvalue weighted by atomic mass is 9.62. The third-order valence-corrected chi connectivity index (χ3v) is 7.18. The number of halogens is 5. The Balaban J connectivity index is 1.63. The highest BCUT2D eigenvalue weighted by Gasteiger charge is 2.73. The van der Waals surface area contributed by atoms with Gasteiger partial charge in [-0.05, 0) is 37.5 Å². The summed E-state index contributed by atoms with van der Waals surface area (Å²) in [5.41, 5.74) is -2.31. The number of rotatable bonds is 6. The standard InChI is InChI=1S/C19H19ClF4N2O4S/c1-10-16(31(2,27)28)26-15(25-10)14(11-3-4-13(21)12(20)5-11)29-9-18-6-17(7-18,8-30-18)19(22,23)24/h3-5,14H,6-9H2,1-2H3,(H,25,26). The Morgan fingerprint density at radius 1 is 1.35 bits per heavy atom. The summed E-state index contributed by atoms with van der Waals surface area (Å²) < 4.78 is 88.7. The van der Waals surface area contributed by atoms with Crippen LogP contribution in [0.4, 0.5) is 17.6 Å². The smallest absolute Gasteiger partial charge is 0.372 e. The zero-order valence-electron chi connectivity index (χ0n) is 16.5. The highest BCUT2D eigenvalue weighted by molar-refractivity contribution is 7.90. The number of hydrogen-bond acceptors (Lipinski definition) is 5. The molecule has 12 heteroatoms. The maximum absolute atomic E-state index is 13.6. The van der Waals surface area contributed by atoms with Crippen LogP contribution in [-0.2, 0) is 19.3 Å². The number of nitrogens with one attached hydrogen (secondary N) is 1. The molecule has 1 atom stereocenters. The number of hydrogen-bond donors (Lipinski definition) is 1. The Morgan fingerprint density at radius 2 is 2.03 bits per heavy atom. The predicted molar refractivity (Wildman–Crippen MR) is 102 cm³/mol. The molecule has 1 aromatic carbocycles. The van der Waals surface area contributed by atoms with Crippen molar-refractivity contribution in [3.8, 4) is 0 Å². The molecule has 0 radical (unpaired) electrons. The van der Waals surface area contributed by atoms with Crippen LogP contribution in [0.1, 0.15) is 36.0 Å². The first-order valence-corrected chi connectivity index (χ1v) is 11.6. The minimum absolute atomic E-state index is 0.108. The number of sulfone groups is 1. The number of ether oxygens (including phenoxy) is 2. The molecular weight excluding hydrogens is 464 g/mol. The minimum atomic E-state index is -4.36. The summed E-state index contributed by atoms with van der Waals surface area (Å²) in [6.07, 6.45) is -4.81. The lowest BCUT2D eigenvalue weighted by Gasteiger charge is -2.45. The summed E-state index contributed by atoms with van der Waals surface area (Å²) in [5, 5.41) is -0.368. The molecule has 0 amide bonds. The highest BCUT2D eigenvalue weighted by Crippen LogP contribution is 2.65. The van der Waals surface area contributed by atoms with E-state index in [9.17, 15) is 26.0 Å². The number of H-pyrrole nitrogens is 1. The van der Waals surface area contributed by atoms with Crippen molar-refractivity contribution in [1.29, 1.82) is 0 Å². The topological polar surface area (TPSA) is 81.3 Å². The lowest BCUT2D eigenvalue weighted by Crippen LogP contribution is -2.54. The van der Waals surface area contributed by atoms with E-state index >= 15 is 0 Å². The fourth-order valence-electron chi connectivity index (χ4n) is 4.30. The second-order valence-corrected chi connectivity index (χ2v) is 10.6. The summed E-state index contributed by atoms with van der Waals surface area (Å²) in [7, 11) is -3.64. The minimum Gasteiger partial charge on any atom is -0.372 e. The first-order valence-electron chi connectivity index (χ1n) is 9.29.